The Morgan fingerprint density at radius 3 is 2.29 bits per heavy atom. The van der Waals surface area contributed by atoms with Crippen molar-refractivity contribution in [1.82, 2.24) is 4.31 Å². The molecule has 5 nitrogen and oxygen atoms in total. The van der Waals surface area contributed by atoms with Gasteiger partial charge in [-0.1, -0.05) is 32.9 Å². The standard InChI is InChI=1S/C15H25N3O2S/c1-15(2,3)12-8-10-18(11-9-12)21(19,20)14-7-5-4-6-13(14)17-16/h4-7,12,17H,8-11,16H2,1-3H3. The third-order valence-electron chi connectivity index (χ3n) is 4.34. The van der Waals surface area contributed by atoms with Crippen LogP contribution < -0.4 is 11.3 Å². The summed E-state index contributed by atoms with van der Waals surface area (Å²) in [5, 5.41) is 0. The lowest BCUT2D eigenvalue weighted by Crippen LogP contribution is -2.41. The van der Waals surface area contributed by atoms with Gasteiger partial charge in [0.05, 0.1) is 5.69 Å². The van der Waals surface area contributed by atoms with Gasteiger partial charge in [0.25, 0.3) is 0 Å². The first kappa shape index (κ1) is 16.3. The molecule has 0 amide bonds. The molecule has 0 unspecified atom stereocenters. The van der Waals surface area contributed by atoms with E-state index >= 15 is 0 Å². The van der Waals surface area contributed by atoms with Gasteiger partial charge >= 0.3 is 0 Å². The number of rotatable bonds is 3. The molecule has 1 aliphatic heterocycles. The lowest BCUT2D eigenvalue weighted by atomic mass is 9.76. The molecule has 0 aromatic heterocycles. The highest BCUT2D eigenvalue weighted by molar-refractivity contribution is 7.89. The molecule has 0 saturated carbocycles. The smallest absolute Gasteiger partial charge is 0.245 e. The number of para-hydroxylation sites is 1. The number of anilines is 1. The maximum atomic E-state index is 12.8. The summed E-state index contributed by atoms with van der Waals surface area (Å²) in [6.07, 6.45) is 1.81. The first-order valence-corrected chi connectivity index (χ1v) is 8.76. The summed E-state index contributed by atoms with van der Waals surface area (Å²) < 4.78 is 27.1. The van der Waals surface area contributed by atoms with Gasteiger partial charge in [-0.25, -0.2) is 8.42 Å². The Morgan fingerprint density at radius 2 is 1.76 bits per heavy atom. The van der Waals surface area contributed by atoms with Crippen molar-refractivity contribution in [3.8, 4) is 0 Å². The summed E-state index contributed by atoms with van der Waals surface area (Å²) >= 11 is 0. The number of nitrogens with zero attached hydrogens (tertiary/aromatic N) is 1. The average Bonchev–Trinajstić information content (AvgIpc) is 2.46. The maximum absolute atomic E-state index is 12.8. The molecule has 1 fully saturated rings. The van der Waals surface area contributed by atoms with Crippen molar-refractivity contribution < 1.29 is 8.42 Å². The Kier molecular flexibility index (Phi) is 4.60. The van der Waals surface area contributed by atoms with Gasteiger partial charge in [-0.05, 0) is 36.3 Å². The van der Waals surface area contributed by atoms with E-state index < -0.39 is 10.0 Å². The van der Waals surface area contributed by atoms with Gasteiger partial charge in [0.15, 0.2) is 0 Å². The second-order valence-electron chi connectivity index (χ2n) is 6.68. The third-order valence-corrected chi connectivity index (χ3v) is 6.30. The lowest BCUT2D eigenvalue weighted by molar-refractivity contribution is 0.154. The summed E-state index contributed by atoms with van der Waals surface area (Å²) in [6.45, 7) is 7.80. The third kappa shape index (κ3) is 3.39. The first-order valence-electron chi connectivity index (χ1n) is 7.32. The Bertz CT molecular complexity index is 585. The van der Waals surface area contributed by atoms with E-state index in [0.29, 0.717) is 24.7 Å². The highest BCUT2D eigenvalue weighted by Crippen LogP contribution is 2.36. The van der Waals surface area contributed by atoms with Crippen LogP contribution in [0.2, 0.25) is 0 Å². The summed E-state index contributed by atoms with van der Waals surface area (Å²) in [4.78, 5) is 0.252. The van der Waals surface area contributed by atoms with Crippen LogP contribution in [0, 0.1) is 11.3 Å². The minimum Gasteiger partial charge on any atom is -0.323 e. The number of hydrazine groups is 1. The second kappa shape index (κ2) is 5.94. The van der Waals surface area contributed by atoms with Crippen LogP contribution in [-0.4, -0.2) is 25.8 Å². The number of hydrogen-bond acceptors (Lipinski definition) is 4. The Labute approximate surface area is 127 Å². The predicted octanol–water partition coefficient (Wildman–Crippen LogP) is 2.42. The minimum absolute atomic E-state index is 0.229. The molecule has 1 aromatic carbocycles. The molecule has 3 N–H and O–H groups in total. The number of nitrogens with two attached hydrogens (primary N) is 1. The SMILES string of the molecule is CC(C)(C)C1CCN(S(=O)(=O)c2ccccc2NN)CC1. The molecule has 1 heterocycles. The average molecular weight is 311 g/mol. The van der Waals surface area contributed by atoms with Crippen LogP contribution in [0.1, 0.15) is 33.6 Å². The second-order valence-corrected chi connectivity index (χ2v) is 8.59. The van der Waals surface area contributed by atoms with Crippen LogP contribution in [0.4, 0.5) is 5.69 Å². The van der Waals surface area contributed by atoms with Gasteiger partial charge in [-0.15, -0.1) is 0 Å². The molecule has 1 aromatic rings. The zero-order valence-corrected chi connectivity index (χ0v) is 13.8. The number of hydrogen-bond donors (Lipinski definition) is 2. The van der Waals surface area contributed by atoms with Crippen LogP contribution in [0.15, 0.2) is 29.2 Å². The quantitative estimate of drug-likeness (QED) is 0.664. The van der Waals surface area contributed by atoms with Crippen molar-refractivity contribution in [3.05, 3.63) is 24.3 Å². The molecule has 2 rings (SSSR count). The van der Waals surface area contributed by atoms with Crippen LogP contribution in [-0.2, 0) is 10.0 Å². The number of nitrogen functional groups attached to an aromatic ring is 1. The Hall–Kier alpha value is -1.11. The van der Waals surface area contributed by atoms with Crippen LogP contribution in [0.5, 0.6) is 0 Å². The van der Waals surface area contributed by atoms with Gasteiger partial charge in [-0.2, -0.15) is 4.31 Å². The fraction of sp³-hybridized carbons (Fsp3) is 0.600. The van der Waals surface area contributed by atoms with E-state index in [4.69, 9.17) is 5.84 Å². The number of benzene rings is 1. The summed E-state index contributed by atoms with van der Waals surface area (Å²) in [5.41, 5.74) is 3.14. The van der Waals surface area contributed by atoms with Gasteiger partial charge in [0, 0.05) is 13.1 Å². The van der Waals surface area contributed by atoms with E-state index in [-0.39, 0.29) is 10.3 Å². The van der Waals surface area contributed by atoms with Gasteiger partial charge in [-0.3, -0.25) is 5.84 Å². The molecule has 21 heavy (non-hydrogen) atoms. The molecule has 0 aliphatic carbocycles. The van der Waals surface area contributed by atoms with Crippen molar-refractivity contribution in [2.75, 3.05) is 18.5 Å². The summed E-state index contributed by atoms with van der Waals surface area (Å²) in [5.74, 6) is 5.98. The van der Waals surface area contributed by atoms with E-state index in [1.54, 1.807) is 28.6 Å². The van der Waals surface area contributed by atoms with Gasteiger partial charge in [0.1, 0.15) is 4.90 Å². The van der Waals surface area contributed by atoms with Crippen molar-refractivity contribution in [2.45, 2.75) is 38.5 Å². The zero-order chi connectivity index (χ0) is 15.7. The number of piperidine rings is 1. The van der Waals surface area contributed by atoms with Crippen molar-refractivity contribution in [3.63, 3.8) is 0 Å². The number of sulfonamides is 1. The van der Waals surface area contributed by atoms with Crippen LogP contribution >= 0.6 is 0 Å². The Balaban J connectivity index is 2.19. The van der Waals surface area contributed by atoms with E-state index in [2.05, 4.69) is 26.2 Å². The van der Waals surface area contributed by atoms with Crippen LogP contribution in [0.25, 0.3) is 0 Å². The monoisotopic (exact) mass is 311 g/mol. The molecular formula is C15H25N3O2S. The fourth-order valence-electron chi connectivity index (χ4n) is 2.91. The highest BCUT2D eigenvalue weighted by atomic mass is 32.2. The molecule has 0 radical (unpaired) electrons. The molecule has 0 atom stereocenters. The molecule has 1 aliphatic rings. The summed E-state index contributed by atoms with van der Waals surface area (Å²) in [7, 11) is -3.48. The van der Waals surface area contributed by atoms with Crippen molar-refractivity contribution in [1.29, 1.82) is 0 Å². The van der Waals surface area contributed by atoms with Gasteiger partial charge < -0.3 is 5.43 Å². The Morgan fingerprint density at radius 1 is 1.19 bits per heavy atom. The van der Waals surface area contributed by atoms with Gasteiger partial charge in [0.2, 0.25) is 10.0 Å². The van der Waals surface area contributed by atoms with E-state index in [1.807, 2.05) is 0 Å². The topological polar surface area (TPSA) is 75.4 Å². The van der Waals surface area contributed by atoms with Crippen molar-refractivity contribution in [2.24, 2.45) is 17.2 Å². The molecular weight excluding hydrogens is 286 g/mol. The zero-order valence-electron chi connectivity index (χ0n) is 13.0. The molecule has 6 heteroatoms. The molecule has 1 saturated heterocycles. The van der Waals surface area contributed by atoms with E-state index in [9.17, 15) is 8.42 Å². The fourth-order valence-corrected chi connectivity index (χ4v) is 4.54. The molecule has 0 spiro atoms. The maximum Gasteiger partial charge on any atom is 0.245 e. The predicted molar refractivity (Wildman–Crippen MR) is 85.2 cm³/mol. The lowest BCUT2D eigenvalue weighted by Gasteiger charge is -2.38. The van der Waals surface area contributed by atoms with E-state index in [1.165, 1.54) is 0 Å². The minimum atomic E-state index is -3.48. The number of nitrogens with one attached hydrogen (secondary N) is 1. The van der Waals surface area contributed by atoms with Crippen molar-refractivity contribution >= 4 is 15.7 Å². The summed E-state index contributed by atoms with van der Waals surface area (Å²) in [6, 6.07) is 6.75. The molecule has 118 valence electrons. The largest absolute Gasteiger partial charge is 0.323 e. The molecule has 0 bridgehead atoms. The normalized spacial score (nSPS) is 18.7. The van der Waals surface area contributed by atoms with E-state index in [0.717, 1.165) is 12.8 Å². The highest BCUT2D eigenvalue weighted by Gasteiger charge is 2.34. The van der Waals surface area contributed by atoms with Crippen LogP contribution in [0.3, 0.4) is 0 Å². The first-order chi connectivity index (χ1) is 9.76.